The van der Waals surface area contributed by atoms with Gasteiger partial charge in [-0.3, -0.25) is 0 Å². The maximum absolute atomic E-state index is 11.0. The molecule has 0 aliphatic rings. The summed E-state index contributed by atoms with van der Waals surface area (Å²) in [6.07, 6.45) is 0. The van der Waals surface area contributed by atoms with Crippen molar-refractivity contribution in [3.63, 3.8) is 0 Å². The molecule has 0 bridgehead atoms. The summed E-state index contributed by atoms with van der Waals surface area (Å²) in [6.45, 7) is 4.16. The molecule has 2 aromatic rings. The Kier molecular flexibility index (Phi) is 3.60. The van der Waals surface area contributed by atoms with E-state index >= 15 is 0 Å². The van der Waals surface area contributed by atoms with Gasteiger partial charge in [0.15, 0.2) is 0 Å². The van der Waals surface area contributed by atoms with E-state index in [-0.39, 0.29) is 6.54 Å². The first kappa shape index (κ1) is 12.6. The van der Waals surface area contributed by atoms with Gasteiger partial charge in [0.1, 0.15) is 5.60 Å². The zero-order valence-corrected chi connectivity index (χ0v) is 10.2. The fourth-order valence-corrected chi connectivity index (χ4v) is 2.08. The molecule has 0 saturated heterocycles. The first-order valence-corrected chi connectivity index (χ1v) is 5.91. The summed E-state index contributed by atoms with van der Waals surface area (Å²) in [5.74, 6) is 0. The van der Waals surface area contributed by atoms with E-state index in [4.69, 9.17) is 5.73 Å². The summed E-state index contributed by atoms with van der Waals surface area (Å²) in [5, 5.41) is 11.0. The minimum absolute atomic E-state index is 0.236. The van der Waals surface area contributed by atoms with Crippen LogP contribution in [0.5, 0.6) is 0 Å². The van der Waals surface area contributed by atoms with Crippen LogP contribution in [-0.2, 0) is 5.60 Å². The number of aliphatic hydroxyl groups is 1. The van der Waals surface area contributed by atoms with Crippen molar-refractivity contribution in [1.82, 2.24) is 0 Å². The van der Waals surface area contributed by atoms with Crippen molar-refractivity contribution in [2.75, 3.05) is 6.54 Å². The molecule has 0 aromatic heterocycles. The van der Waals surface area contributed by atoms with Gasteiger partial charge in [0.2, 0.25) is 0 Å². The minimum atomic E-state index is -1.22. The van der Waals surface area contributed by atoms with E-state index in [9.17, 15) is 5.11 Å². The van der Waals surface area contributed by atoms with Crippen LogP contribution in [0.1, 0.15) is 11.1 Å². The average molecular weight is 239 g/mol. The second-order valence-corrected chi connectivity index (χ2v) is 4.25. The van der Waals surface area contributed by atoms with Crippen LogP contribution in [0.2, 0.25) is 0 Å². The van der Waals surface area contributed by atoms with Crippen LogP contribution in [0.3, 0.4) is 0 Å². The fraction of sp³-hybridized carbons (Fsp3) is 0.125. The Morgan fingerprint density at radius 2 is 1.33 bits per heavy atom. The van der Waals surface area contributed by atoms with Gasteiger partial charge in [-0.15, -0.1) is 0 Å². The maximum atomic E-state index is 11.0. The van der Waals surface area contributed by atoms with Crippen molar-refractivity contribution in [2.45, 2.75) is 5.60 Å². The van der Waals surface area contributed by atoms with Crippen molar-refractivity contribution in [2.24, 2.45) is 5.73 Å². The van der Waals surface area contributed by atoms with E-state index in [0.29, 0.717) is 5.57 Å². The molecule has 0 aliphatic carbocycles. The Hall–Kier alpha value is -1.90. The summed E-state index contributed by atoms with van der Waals surface area (Å²) in [7, 11) is 0. The van der Waals surface area contributed by atoms with E-state index in [2.05, 4.69) is 6.58 Å². The lowest BCUT2D eigenvalue weighted by atomic mass is 9.81. The molecule has 2 nitrogen and oxygen atoms in total. The van der Waals surface area contributed by atoms with E-state index in [1.807, 2.05) is 60.7 Å². The van der Waals surface area contributed by atoms with Crippen LogP contribution in [0.4, 0.5) is 0 Å². The van der Waals surface area contributed by atoms with Gasteiger partial charge in [0, 0.05) is 6.54 Å². The molecular weight excluding hydrogens is 222 g/mol. The molecule has 2 aromatic carbocycles. The summed E-state index contributed by atoms with van der Waals surface area (Å²) in [5.41, 5.74) is 6.60. The summed E-state index contributed by atoms with van der Waals surface area (Å²) >= 11 is 0. The van der Waals surface area contributed by atoms with Gasteiger partial charge in [0.25, 0.3) is 0 Å². The largest absolute Gasteiger partial charge is 0.376 e. The van der Waals surface area contributed by atoms with E-state index < -0.39 is 5.60 Å². The van der Waals surface area contributed by atoms with Crippen LogP contribution < -0.4 is 5.73 Å². The zero-order chi connectivity index (χ0) is 13.0. The van der Waals surface area contributed by atoms with Crippen molar-refractivity contribution >= 4 is 0 Å². The molecular formula is C16H17NO. The topological polar surface area (TPSA) is 46.2 Å². The Bertz CT molecular complexity index is 480. The average Bonchev–Trinajstić information content (AvgIpc) is 2.47. The molecule has 18 heavy (non-hydrogen) atoms. The molecule has 0 heterocycles. The molecule has 0 aliphatic heterocycles. The lowest BCUT2D eigenvalue weighted by molar-refractivity contribution is 0.120. The molecule has 0 fully saturated rings. The van der Waals surface area contributed by atoms with Crippen LogP contribution in [-0.4, -0.2) is 11.7 Å². The van der Waals surface area contributed by atoms with E-state index in [0.717, 1.165) is 11.1 Å². The monoisotopic (exact) mass is 239 g/mol. The predicted molar refractivity (Wildman–Crippen MR) is 74.1 cm³/mol. The smallest absolute Gasteiger partial charge is 0.137 e. The third-order valence-electron chi connectivity index (χ3n) is 3.14. The van der Waals surface area contributed by atoms with Gasteiger partial charge in [-0.1, -0.05) is 67.2 Å². The molecule has 0 saturated carbocycles. The van der Waals surface area contributed by atoms with Crippen molar-refractivity contribution in [1.29, 1.82) is 0 Å². The van der Waals surface area contributed by atoms with E-state index in [1.54, 1.807) is 0 Å². The van der Waals surface area contributed by atoms with Crippen LogP contribution in [0.25, 0.3) is 0 Å². The molecule has 0 amide bonds. The third kappa shape index (κ3) is 2.08. The Morgan fingerprint density at radius 1 is 0.944 bits per heavy atom. The van der Waals surface area contributed by atoms with Crippen molar-refractivity contribution in [3.05, 3.63) is 83.9 Å². The first-order chi connectivity index (χ1) is 8.69. The quantitative estimate of drug-likeness (QED) is 0.805. The Balaban J connectivity index is 2.59. The Morgan fingerprint density at radius 3 is 1.67 bits per heavy atom. The highest BCUT2D eigenvalue weighted by Crippen LogP contribution is 2.35. The number of hydrogen-bond acceptors (Lipinski definition) is 2. The lowest BCUT2D eigenvalue weighted by Crippen LogP contribution is -2.32. The maximum Gasteiger partial charge on any atom is 0.137 e. The molecule has 0 atom stereocenters. The molecule has 0 radical (unpaired) electrons. The van der Waals surface area contributed by atoms with Gasteiger partial charge >= 0.3 is 0 Å². The Labute approximate surface area is 107 Å². The van der Waals surface area contributed by atoms with Crippen molar-refractivity contribution in [3.8, 4) is 0 Å². The van der Waals surface area contributed by atoms with Gasteiger partial charge in [-0.25, -0.2) is 0 Å². The lowest BCUT2D eigenvalue weighted by Gasteiger charge is -2.31. The molecule has 0 unspecified atom stereocenters. The number of rotatable bonds is 4. The van der Waals surface area contributed by atoms with E-state index in [1.165, 1.54) is 0 Å². The summed E-state index contributed by atoms with van der Waals surface area (Å²) < 4.78 is 0. The molecule has 3 N–H and O–H groups in total. The predicted octanol–water partition coefficient (Wildman–Crippen LogP) is 2.44. The highest BCUT2D eigenvalue weighted by molar-refractivity contribution is 5.44. The first-order valence-electron chi connectivity index (χ1n) is 5.91. The fourth-order valence-electron chi connectivity index (χ4n) is 2.08. The molecule has 92 valence electrons. The number of benzene rings is 2. The van der Waals surface area contributed by atoms with Crippen molar-refractivity contribution < 1.29 is 5.11 Å². The molecule has 2 rings (SSSR count). The zero-order valence-electron chi connectivity index (χ0n) is 10.2. The second-order valence-electron chi connectivity index (χ2n) is 4.25. The second kappa shape index (κ2) is 5.17. The highest BCUT2D eigenvalue weighted by atomic mass is 16.3. The van der Waals surface area contributed by atoms with Gasteiger partial charge in [-0.05, 0) is 16.7 Å². The standard InChI is InChI=1S/C16H17NO/c1-13(12-17)16(18,14-8-4-2-5-9-14)15-10-6-3-7-11-15/h2-11,18H,1,12,17H2. The summed E-state index contributed by atoms with van der Waals surface area (Å²) in [6, 6.07) is 18.9. The van der Waals surface area contributed by atoms with Crippen LogP contribution >= 0.6 is 0 Å². The normalized spacial score (nSPS) is 11.2. The van der Waals surface area contributed by atoms with Gasteiger partial charge < -0.3 is 10.8 Å². The number of nitrogens with two attached hydrogens (primary N) is 1. The third-order valence-corrected chi connectivity index (χ3v) is 3.14. The van der Waals surface area contributed by atoms with Crippen LogP contribution in [0.15, 0.2) is 72.8 Å². The minimum Gasteiger partial charge on any atom is -0.376 e. The number of hydrogen-bond donors (Lipinski definition) is 2. The van der Waals surface area contributed by atoms with Gasteiger partial charge in [-0.2, -0.15) is 0 Å². The molecule has 0 spiro atoms. The highest BCUT2D eigenvalue weighted by Gasteiger charge is 2.33. The SMILES string of the molecule is C=C(CN)C(O)(c1ccccc1)c1ccccc1. The van der Waals surface area contributed by atoms with Crippen LogP contribution in [0, 0.1) is 0 Å². The summed E-state index contributed by atoms with van der Waals surface area (Å²) in [4.78, 5) is 0. The molecule has 2 heteroatoms. The van der Waals surface area contributed by atoms with Gasteiger partial charge in [0.05, 0.1) is 0 Å².